The highest BCUT2D eigenvalue weighted by Gasteiger charge is 2.12. The van der Waals surface area contributed by atoms with Crippen molar-refractivity contribution >= 4 is 16.7 Å². The minimum Gasteiger partial charge on any atom is -0.508 e. The van der Waals surface area contributed by atoms with Crippen molar-refractivity contribution in [1.29, 1.82) is 5.26 Å². The number of rotatable bonds is 4. The number of aryl methyl sites for hydroxylation is 2. The minimum atomic E-state index is -0.258. The number of nitrogens with zero attached hydrogens (tertiary/aromatic N) is 2. The SMILES string of the molecule is Cc1cc2cc(C#N)c(OCC(=O)c3ccc(O)cc3)nc2cc1C. The molecule has 0 bridgehead atoms. The number of ketones is 1. The van der Waals surface area contributed by atoms with Crippen molar-refractivity contribution in [1.82, 2.24) is 4.98 Å². The molecule has 2 aromatic carbocycles. The third-order valence-corrected chi connectivity index (χ3v) is 4.04. The highest BCUT2D eigenvalue weighted by atomic mass is 16.5. The first-order valence-corrected chi connectivity index (χ1v) is 7.75. The normalized spacial score (nSPS) is 10.4. The maximum absolute atomic E-state index is 12.2. The third kappa shape index (κ3) is 3.43. The van der Waals surface area contributed by atoms with E-state index in [1.807, 2.05) is 26.0 Å². The van der Waals surface area contributed by atoms with Gasteiger partial charge in [-0.2, -0.15) is 5.26 Å². The number of nitriles is 1. The van der Waals surface area contributed by atoms with Gasteiger partial charge >= 0.3 is 0 Å². The van der Waals surface area contributed by atoms with Gasteiger partial charge in [0.15, 0.2) is 12.4 Å². The standard InChI is InChI=1S/C20H16N2O3/c1-12-7-15-9-16(10-21)20(22-18(15)8-13(12)2)25-11-19(24)14-3-5-17(23)6-4-14/h3-9,23H,11H2,1-2H3. The van der Waals surface area contributed by atoms with Crippen molar-refractivity contribution in [3.05, 3.63) is 64.7 Å². The Hall–Kier alpha value is -3.39. The Morgan fingerprint density at radius 3 is 2.52 bits per heavy atom. The molecule has 0 aliphatic rings. The first-order valence-electron chi connectivity index (χ1n) is 7.75. The Morgan fingerprint density at radius 2 is 1.84 bits per heavy atom. The lowest BCUT2D eigenvalue weighted by molar-refractivity contribution is 0.0918. The van der Waals surface area contributed by atoms with Crippen molar-refractivity contribution in [2.45, 2.75) is 13.8 Å². The van der Waals surface area contributed by atoms with E-state index in [0.717, 1.165) is 16.5 Å². The molecule has 124 valence electrons. The van der Waals surface area contributed by atoms with Crippen molar-refractivity contribution < 1.29 is 14.6 Å². The van der Waals surface area contributed by atoms with Crippen LogP contribution in [-0.4, -0.2) is 22.5 Å². The summed E-state index contributed by atoms with van der Waals surface area (Å²) in [5.41, 5.74) is 3.64. The molecule has 0 fully saturated rings. The maximum atomic E-state index is 12.2. The lowest BCUT2D eigenvalue weighted by atomic mass is 10.1. The van der Waals surface area contributed by atoms with Gasteiger partial charge in [-0.25, -0.2) is 4.98 Å². The summed E-state index contributed by atoms with van der Waals surface area (Å²) in [6.07, 6.45) is 0. The van der Waals surface area contributed by atoms with E-state index in [0.29, 0.717) is 11.1 Å². The molecule has 5 nitrogen and oxygen atoms in total. The number of Topliss-reactive ketones (excluding diaryl/α,β-unsaturated/α-hetero) is 1. The average Bonchev–Trinajstić information content (AvgIpc) is 2.60. The predicted molar refractivity (Wildman–Crippen MR) is 93.9 cm³/mol. The number of aromatic hydroxyl groups is 1. The second kappa shape index (κ2) is 6.62. The van der Waals surface area contributed by atoms with Gasteiger partial charge in [-0.3, -0.25) is 4.79 Å². The molecule has 0 aliphatic carbocycles. The van der Waals surface area contributed by atoms with Crippen LogP contribution in [-0.2, 0) is 0 Å². The molecule has 1 heterocycles. The third-order valence-electron chi connectivity index (χ3n) is 4.04. The van der Waals surface area contributed by atoms with E-state index in [4.69, 9.17) is 4.74 Å². The Labute approximate surface area is 145 Å². The number of hydrogen-bond donors (Lipinski definition) is 1. The number of phenols is 1. The first-order chi connectivity index (χ1) is 12.0. The van der Waals surface area contributed by atoms with Gasteiger partial charge in [0, 0.05) is 10.9 Å². The zero-order valence-corrected chi connectivity index (χ0v) is 13.9. The number of pyridine rings is 1. The zero-order valence-electron chi connectivity index (χ0n) is 13.9. The molecule has 1 aromatic heterocycles. The van der Waals surface area contributed by atoms with E-state index < -0.39 is 0 Å². The number of aromatic nitrogens is 1. The summed E-state index contributed by atoms with van der Waals surface area (Å²) in [6, 6.07) is 13.6. The van der Waals surface area contributed by atoms with Crippen LogP contribution in [0, 0.1) is 25.2 Å². The van der Waals surface area contributed by atoms with E-state index in [1.165, 1.54) is 24.3 Å². The molecule has 3 rings (SSSR count). The van der Waals surface area contributed by atoms with Crippen LogP contribution in [0.3, 0.4) is 0 Å². The predicted octanol–water partition coefficient (Wildman–Crippen LogP) is 3.69. The molecule has 25 heavy (non-hydrogen) atoms. The smallest absolute Gasteiger partial charge is 0.232 e. The summed E-state index contributed by atoms with van der Waals surface area (Å²) in [5, 5.41) is 19.5. The first kappa shape index (κ1) is 16.5. The fourth-order valence-corrected chi connectivity index (χ4v) is 2.48. The van der Waals surface area contributed by atoms with Crippen molar-refractivity contribution in [2.24, 2.45) is 0 Å². The van der Waals surface area contributed by atoms with Gasteiger partial charge in [0.05, 0.1) is 5.52 Å². The van der Waals surface area contributed by atoms with Crippen LogP contribution in [0.15, 0.2) is 42.5 Å². The van der Waals surface area contributed by atoms with E-state index in [-0.39, 0.29) is 29.6 Å². The zero-order chi connectivity index (χ0) is 18.0. The molecule has 0 spiro atoms. The number of carbonyl (C=O) groups excluding carboxylic acids is 1. The van der Waals surface area contributed by atoms with Crippen molar-refractivity contribution in [2.75, 3.05) is 6.61 Å². The molecule has 0 atom stereocenters. The lowest BCUT2D eigenvalue weighted by Crippen LogP contribution is -2.13. The lowest BCUT2D eigenvalue weighted by Gasteiger charge is -2.09. The molecular weight excluding hydrogens is 316 g/mol. The molecule has 0 aliphatic heterocycles. The second-order valence-corrected chi connectivity index (χ2v) is 5.84. The topological polar surface area (TPSA) is 83.2 Å². The van der Waals surface area contributed by atoms with E-state index >= 15 is 0 Å². The average molecular weight is 332 g/mol. The number of fused-ring (bicyclic) bond motifs is 1. The molecule has 3 aromatic rings. The second-order valence-electron chi connectivity index (χ2n) is 5.84. The van der Waals surface area contributed by atoms with Gasteiger partial charge < -0.3 is 9.84 Å². The number of benzene rings is 2. The van der Waals surface area contributed by atoms with Crippen LogP contribution in [0.5, 0.6) is 11.6 Å². The molecule has 1 N–H and O–H groups in total. The van der Waals surface area contributed by atoms with Crippen molar-refractivity contribution in [3.8, 4) is 17.7 Å². The Bertz CT molecular complexity index is 1000. The summed E-state index contributed by atoms with van der Waals surface area (Å²) in [5.74, 6) is -0.0256. The van der Waals surface area contributed by atoms with Gasteiger partial charge in [-0.15, -0.1) is 0 Å². The van der Waals surface area contributed by atoms with Gasteiger partial charge in [0.1, 0.15) is 17.4 Å². The van der Waals surface area contributed by atoms with Crippen LogP contribution in [0.25, 0.3) is 10.9 Å². The summed E-state index contributed by atoms with van der Waals surface area (Å²) in [7, 11) is 0. The van der Waals surface area contributed by atoms with E-state index in [9.17, 15) is 15.2 Å². The number of ether oxygens (including phenoxy) is 1. The molecule has 5 heteroatoms. The number of phenolic OH excluding ortho intramolecular Hbond substituents is 1. The Morgan fingerprint density at radius 1 is 1.16 bits per heavy atom. The van der Waals surface area contributed by atoms with Gasteiger partial charge in [-0.05, 0) is 67.4 Å². The van der Waals surface area contributed by atoms with Crippen LogP contribution >= 0.6 is 0 Å². The highest BCUT2D eigenvalue weighted by molar-refractivity contribution is 5.97. The monoisotopic (exact) mass is 332 g/mol. The van der Waals surface area contributed by atoms with Crippen LogP contribution in [0.2, 0.25) is 0 Å². The summed E-state index contributed by atoms with van der Waals surface area (Å²) < 4.78 is 5.51. The fraction of sp³-hybridized carbons (Fsp3) is 0.150. The van der Waals surface area contributed by atoms with Gasteiger partial charge in [0.25, 0.3) is 0 Å². The summed E-state index contributed by atoms with van der Waals surface area (Å²) in [6.45, 7) is 3.76. The van der Waals surface area contributed by atoms with Crippen molar-refractivity contribution in [3.63, 3.8) is 0 Å². The molecule has 0 saturated heterocycles. The molecule has 0 radical (unpaired) electrons. The van der Waals surface area contributed by atoms with Crippen LogP contribution in [0.1, 0.15) is 27.0 Å². The maximum Gasteiger partial charge on any atom is 0.232 e. The van der Waals surface area contributed by atoms with Crippen LogP contribution in [0.4, 0.5) is 0 Å². The number of hydrogen-bond acceptors (Lipinski definition) is 5. The fourth-order valence-electron chi connectivity index (χ4n) is 2.48. The summed E-state index contributed by atoms with van der Waals surface area (Å²) in [4.78, 5) is 16.6. The van der Waals surface area contributed by atoms with E-state index in [2.05, 4.69) is 11.1 Å². The highest BCUT2D eigenvalue weighted by Crippen LogP contribution is 2.24. The molecular formula is C20H16N2O3. The largest absolute Gasteiger partial charge is 0.508 e. The molecule has 0 saturated carbocycles. The molecule has 0 unspecified atom stereocenters. The van der Waals surface area contributed by atoms with E-state index in [1.54, 1.807) is 6.07 Å². The van der Waals surface area contributed by atoms with Crippen LogP contribution < -0.4 is 4.74 Å². The molecule has 0 amide bonds. The van der Waals surface area contributed by atoms with Gasteiger partial charge in [0.2, 0.25) is 5.88 Å². The summed E-state index contributed by atoms with van der Waals surface area (Å²) >= 11 is 0. The quantitative estimate of drug-likeness (QED) is 0.737. The number of carbonyl (C=O) groups is 1. The Balaban J connectivity index is 1.87. The minimum absolute atomic E-state index is 0.0890. The Kier molecular flexibility index (Phi) is 4.36. The van der Waals surface area contributed by atoms with Gasteiger partial charge in [-0.1, -0.05) is 0 Å².